The zero-order chi connectivity index (χ0) is 25.7. The maximum absolute atomic E-state index is 13.7. The highest BCUT2D eigenvalue weighted by Crippen LogP contribution is 2.38. The van der Waals surface area contributed by atoms with Gasteiger partial charge in [0.25, 0.3) is 0 Å². The minimum atomic E-state index is -4.11. The summed E-state index contributed by atoms with van der Waals surface area (Å²) in [5, 5.41) is 3.26. The van der Waals surface area contributed by atoms with Gasteiger partial charge in [-0.1, -0.05) is 0 Å². The molecule has 0 aliphatic carbocycles. The fraction of sp³-hybridized carbons (Fsp3) is 0.696. The van der Waals surface area contributed by atoms with Gasteiger partial charge in [-0.3, -0.25) is 9.69 Å². The highest BCUT2D eigenvalue weighted by atomic mass is 32.2. The van der Waals surface area contributed by atoms with E-state index in [4.69, 9.17) is 18.9 Å². The first-order valence-corrected chi connectivity index (χ1v) is 13.8. The fourth-order valence-electron chi connectivity index (χ4n) is 5.04. The SMILES string of the molecule is CCOC(=O)[C@@H]1[C@@H]2CC[C@H](CN1S(=O)(=O)c1ccc(OC3CCNCC3)nc1)N2C(=O)OCCOC. The molecule has 4 heterocycles. The Bertz CT molecular complexity index is 1020. The molecule has 4 rings (SSSR count). The molecule has 13 heteroatoms. The summed E-state index contributed by atoms with van der Waals surface area (Å²) in [6.07, 6.45) is 3.40. The van der Waals surface area contributed by atoms with Crippen molar-refractivity contribution in [1.82, 2.24) is 19.5 Å². The van der Waals surface area contributed by atoms with Crippen LogP contribution in [0.1, 0.15) is 32.6 Å². The summed E-state index contributed by atoms with van der Waals surface area (Å²) in [4.78, 5) is 31.4. The number of nitrogens with one attached hydrogen (secondary N) is 1. The first-order valence-electron chi connectivity index (χ1n) is 12.3. The van der Waals surface area contributed by atoms with Gasteiger partial charge >= 0.3 is 12.1 Å². The zero-order valence-electron chi connectivity index (χ0n) is 20.6. The molecular weight excluding hydrogens is 492 g/mol. The van der Waals surface area contributed by atoms with Crippen LogP contribution in [0.3, 0.4) is 0 Å². The summed E-state index contributed by atoms with van der Waals surface area (Å²) < 4.78 is 49.9. The first-order chi connectivity index (χ1) is 17.4. The van der Waals surface area contributed by atoms with E-state index in [1.807, 2.05) is 0 Å². The van der Waals surface area contributed by atoms with E-state index in [0.717, 1.165) is 30.2 Å². The average molecular weight is 527 g/mol. The number of pyridine rings is 1. The van der Waals surface area contributed by atoms with Gasteiger partial charge in [0.05, 0.1) is 25.5 Å². The number of nitrogens with zero attached hydrogens (tertiary/aromatic N) is 3. The summed E-state index contributed by atoms with van der Waals surface area (Å²) in [5.74, 6) is -0.341. The number of carbonyl (C=O) groups is 2. The Morgan fingerprint density at radius 2 is 1.89 bits per heavy atom. The lowest BCUT2D eigenvalue weighted by atomic mass is 10.1. The van der Waals surface area contributed by atoms with Crippen LogP contribution in [0.15, 0.2) is 23.2 Å². The first kappa shape index (κ1) is 26.6. The number of hydrogen-bond acceptors (Lipinski definition) is 10. The number of ether oxygens (including phenoxy) is 4. The van der Waals surface area contributed by atoms with Crippen LogP contribution in [0.2, 0.25) is 0 Å². The van der Waals surface area contributed by atoms with Crippen molar-refractivity contribution in [2.45, 2.75) is 61.7 Å². The van der Waals surface area contributed by atoms with Crippen molar-refractivity contribution in [3.63, 3.8) is 0 Å². The third-order valence-electron chi connectivity index (χ3n) is 6.75. The van der Waals surface area contributed by atoms with Gasteiger partial charge in [-0.05, 0) is 51.8 Å². The van der Waals surface area contributed by atoms with Gasteiger partial charge in [0.2, 0.25) is 15.9 Å². The highest BCUT2D eigenvalue weighted by molar-refractivity contribution is 7.89. The van der Waals surface area contributed by atoms with Crippen molar-refractivity contribution >= 4 is 22.1 Å². The van der Waals surface area contributed by atoms with Gasteiger partial charge in [-0.15, -0.1) is 0 Å². The summed E-state index contributed by atoms with van der Waals surface area (Å²) in [6.45, 7) is 3.72. The lowest BCUT2D eigenvalue weighted by Crippen LogP contribution is -2.65. The quantitative estimate of drug-likeness (QED) is 0.363. The third kappa shape index (κ3) is 5.58. The van der Waals surface area contributed by atoms with Gasteiger partial charge in [-0.25, -0.2) is 18.2 Å². The smallest absolute Gasteiger partial charge is 0.410 e. The van der Waals surface area contributed by atoms with E-state index in [0.29, 0.717) is 18.7 Å². The summed E-state index contributed by atoms with van der Waals surface area (Å²) in [5.41, 5.74) is 0. The van der Waals surface area contributed by atoms with E-state index in [1.165, 1.54) is 30.3 Å². The molecule has 0 aromatic carbocycles. The molecule has 0 unspecified atom stereocenters. The minimum Gasteiger partial charge on any atom is -0.474 e. The number of carbonyl (C=O) groups excluding carboxylic acids is 2. The molecule has 12 nitrogen and oxygen atoms in total. The molecule has 3 aliphatic rings. The Labute approximate surface area is 211 Å². The molecular formula is C23H34N4O8S. The van der Waals surface area contributed by atoms with E-state index in [9.17, 15) is 18.0 Å². The fourth-order valence-corrected chi connectivity index (χ4v) is 6.63. The van der Waals surface area contributed by atoms with Crippen LogP contribution in [-0.2, 0) is 29.0 Å². The minimum absolute atomic E-state index is 0.0294. The van der Waals surface area contributed by atoms with Crippen molar-refractivity contribution in [2.75, 3.05) is 46.6 Å². The number of hydrogen-bond donors (Lipinski definition) is 1. The number of fused-ring (bicyclic) bond motifs is 2. The number of methoxy groups -OCH3 is 1. The standard InChI is InChI=1S/C23H34N4O8S/c1-3-33-22(28)21-19-6-4-16(27(19)23(29)34-13-12-32-2)15-26(21)36(30,31)18-5-7-20(25-14-18)35-17-8-10-24-11-9-17/h5,7,14,16-17,19,21,24H,3-4,6,8-13,15H2,1-2H3/t16-,19+,21+/m1/s1. The van der Waals surface area contributed by atoms with Gasteiger partial charge in [-0.2, -0.15) is 4.31 Å². The van der Waals surface area contributed by atoms with Gasteiger partial charge in [0, 0.05) is 25.8 Å². The summed E-state index contributed by atoms with van der Waals surface area (Å²) in [7, 11) is -2.62. The predicted molar refractivity (Wildman–Crippen MR) is 127 cm³/mol. The number of aromatic nitrogens is 1. The molecule has 2 bridgehead atoms. The molecule has 0 spiro atoms. The van der Waals surface area contributed by atoms with Crippen molar-refractivity contribution in [2.24, 2.45) is 0 Å². The Morgan fingerprint density at radius 1 is 1.11 bits per heavy atom. The Balaban J connectivity index is 1.55. The monoisotopic (exact) mass is 526 g/mol. The topological polar surface area (TPSA) is 137 Å². The highest BCUT2D eigenvalue weighted by Gasteiger charge is 2.55. The van der Waals surface area contributed by atoms with Gasteiger partial charge < -0.3 is 24.3 Å². The molecule has 3 saturated heterocycles. The number of sulfonamides is 1. The number of amides is 1. The second-order valence-corrected chi connectivity index (χ2v) is 10.9. The van der Waals surface area contributed by atoms with Crippen molar-refractivity contribution in [3.8, 4) is 5.88 Å². The maximum atomic E-state index is 13.7. The molecule has 36 heavy (non-hydrogen) atoms. The number of esters is 1. The van der Waals surface area contributed by atoms with E-state index in [-0.39, 0.29) is 37.4 Å². The average Bonchev–Trinajstić information content (AvgIpc) is 3.18. The second-order valence-electron chi connectivity index (χ2n) is 8.98. The van der Waals surface area contributed by atoms with Crippen LogP contribution < -0.4 is 10.1 Å². The summed E-state index contributed by atoms with van der Waals surface area (Å²) in [6, 6.07) is 0.680. The van der Waals surface area contributed by atoms with Crippen LogP contribution in [0, 0.1) is 0 Å². The maximum Gasteiger partial charge on any atom is 0.410 e. The van der Waals surface area contributed by atoms with Crippen molar-refractivity contribution < 1.29 is 37.0 Å². The lowest BCUT2D eigenvalue weighted by Gasteiger charge is -2.43. The lowest BCUT2D eigenvalue weighted by molar-refractivity contribution is -0.151. The Kier molecular flexibility index (Phi) is 8.65. The molecule has 3 atom stereocenters. The van der Waals surface area contributed by atoms with Crippen LogP contribution in [-0.4, -0.2) is 105 Å². The molecule has 0 saturated carbocycles. The predicted octanol–water partition coefficient (Wildman–Crippen LogP) is 0.764. The normalized spacial score (nSPS) is 24.9. The second kappa shape index (κ2) is 11.7. The Hall–Kier alpha value is -2.48. The van der Waals surface area contributed by atoms with Crippen LogP contribution in [0.5, 0.6) is 5.88 Å². The largest absolute Gasteiger partial charge is 0.474 e. The molecule has 1 amide bonds. The number of piperazine rings is 1. The summed E-state index contributed by atoms with van der Waals surface area (Å²) >= 11 is 0. The van der Waals surface area contributed by atoms with Crippen LogP contribution >= 0.6 is 0 Å². The molecule has 0 radical (unpaired) electrons. The van der Waals surface area contributed by atoms with Gasteiger partial charge in [0.15, 0.2) is 0 Å². The van der Waals surface area contributed by atoms with E-state index in [1.54, 1.807) is 6.92 Å². The molecule has 3 fully saturated rings. The van der Waals surface area contributed by atoms with E-state index >= 15 is 0 Å². The molecule has 1 aromatic rings. The third-order valence-corrected chi connectivity index (χ3v) is 8.58. The number of rotatable bonds is 9. The number of piperidine rings is 1. The Morgan fingerprint density at radius 3 is 2.56 bits per heavy atom. The van der Waals surface area contributed by atoms with E-state index in [2.05, 4.69) is 10.3 Å². The zero-order valence-corrected chi connectivity index (χ0v) is 21.4. The molecule has 1 aromatic heterocycles. The molecule has 3 aliphatic heterocycles. The molecule has 1 N–H and O–H groups in total. The van der Waals surface area contributed by atoms with Crippen LogP contribution in [0.4, 0.5) is 4.79 Å². The molecule has 200 valence electrons. The van der Waals surface area contributed by atoms with Gasteiger partial charge in [0.1, 0.15) is 23.6 Å². The van der Waals surface area contributed by atoms with Crippen molar-refractivity contribution in [3.05, 3.63) is 18.3 Å². The van der Waals surface area contributed by atoms with Crippen LogP contribution in [0.25, 0.3) is 0 Å². The van der Waals surface area contributed by atoms with Crippen molar-refractivity contribution in [1.29, 1.82) is 0 Å². The van der Waals surface area contributed by atoms with E-state index < -0.39 is 40.2 Å².